The molecular weight excluding hydrogens is 290 g/mol. The van der Waals surface area contributed by atoms with Crippen LogP contribution in [0.1, 0.15) is 23.1 Å². The molecule has 2 aromatic carbocycles. The van der Waals surface area contributed by atoms with E-state index in [1.54, 1.807) is 14.2 Å². The van der Waals surface area contributed by atoms with E-state index in [2.05, 4.69) is 5.32 Å². The van der Waals surface area contributed by atoms with E-state index in [1.807, 2.05) is 36.4 Å². The fraction of sp³-hybridized carbons (Fsp3) is 0.211. The molecule has 0 atom stereocenters. The van der Waals surface area contributed by atoms with E-state index < -0.39 is 0 Å². The van der Waals surface area contributed by atoms with Crippen molar-refractivity contribution < 1.29 is 14.3 Å². The van der Waals surface area contributed by atoms with Gasteiger partial charge >= 0.3 is 0 Å². The number of nitrogens with one attached hydrogen (secondary N) is 1. The Hall–Kier alpha value is -2.75. The highest BCUT2D eigenvalue weighted by Crippen LogP contribution is 2.45. The van der Waals surface area contributed by atoms with Crippen molar-refractivity contribution in [1.29, 1.82) is 0 Å². The molecule has 116 valence electrons. The van der Waals surface area contributed by atoms with E-state index in [0.29, 0.717) is 5.75 Å². The Labute approximate surface area is 134 Å². The molecule has 1 aliphatic heterocycles. The summed E-state index contributed by atoms with van der Waals surface area (Å²) in [6, 6.07) is 11.8. The number of ether oxygens (including phenoxy) is 2. The number of hydrogen-bond donors (Lipinski definition) is 1. The van der Waals surface area contributed by atoms with Gasteiger partial charge in [0.1, 0.15) is 0 Å². The van der Waals surface area contributed by atoms with E-state index in [9.17, 15) is 4.79 Å². The third kappa shape index (κ3) is 2.02. The van der Waals surface area contributed by atoms with Crippen LogP contribution in [0.4, 0.5) is 5.69 Å². The highest BCUT2D eigenvalue weighted by atomic mass is 16.5. The maximum atomic E-state index is 12.5. The summed E-state index contributed by atoms with van der Waals surface area (Å²) in [5.41, 5.74) is 6.02. The third-order valence-corrected chi connectivity index (χ3v) is 4.55. The van der Waals surface area contributed by atoms with Crippen LogP contribution in [0.5, 0.6) is 11.5 Å². The molecular formula is C19H17NO3. The Morgan fingerprint density at radius 1 is 0.957 bits per heavy atom. The summed E-state index contributed by atoms with van der Waals surface area (Å²) < 4.78 is 10.8. The van der Waals surface area contributed by atoms with Gasteiger partial charge in [0.15, 0.2) is 11.5 Å². The van der Waals surface area contributed by atoms with E-state index in [0.717, 1.165) is 46.6 Å². The minimum absolute atomic E-state index is 0.0242. The summed E-state index contributed by atoms with van der Waals surface area (Å²) >= 11 is 0. The summed E-state index contributed by atoms with van der Waals surface area (Å²) in [5.74, 6) is 1.40. The van der Waals surface area contributed by atoms with Crippen LogP contribution in [0.3, 0.4) is 0 Å². The van der Waals surface area contributed by atoms with Crippen LogP contribution in [0.25, 0.3) is 11.1 Å². The van der Waals surface area contributed by atoms with Gasteiger partial charge in [0.2, 0.25) is 0 Å². The molecule has 0 unspecified atom stereocenters. The van der Waals surface area contributed by atoms with Crippen LogP contribution < -0.4 is 14.8 Å². The van der Waals surface area contributed by atoms with Crippen molar-refractivity contribution in [3.05, 3.63) is 53.1 Å². The SMILES string of the molecule is COc1cc2c(cc1OC)/C(=C1/C(=O)Nc3ccccc31)CC2. The van der Waals surface area contributed by atoms with Gasteiger partial charge in [0, 0.05) is 11.3 Å². The second-order valence-corrected chi connectivity index (χ2v) is 5.72. The Bertz CT molecular complexity index is 852. The fourth-order valence-electron chi connectivity index (χ4n) is 3.48. The number of anilines is 1. The first kappa shape index (κ1) is 13.9. The predicted octanol–water partition coefficient (Wildman–Crippen LogP) is 3.51. The molecule has 2 aliphatic rings. The van der Waals surface area contributed by atoms with Gasteiger partial charge in [0.05, 0.1) is 19.8 Å². The zero-order valence-corrected chi connectivity index (χ0v) is 13.1. The number of para-hydroxylation sites is 1. The van der Waals surface area contributed by atoms with Crippen LogP contribution >= 0.6 is 0 Å². The number of methoxy groups -OCH3 is 2. The fourth-order valence-corrected chi connectivity index (χ4v) is 3.48. The Morgan fingerprint density at radius 2 is 1.70 bits per heavy atom. The number of fused-ring (bicyclic) bond motifs is 2. The van der Waals surface area contributed by atoms with Gasteiger partial charge in [-0.25, -0.2) is 0 Å². The molecule has 0 bridgehead atoms. The maximum absolute atomic E-state index is 12.5. The largest absolute Gasteiger partial charge is 0.493 e. The van der Waals surface area contributed by atoms with Crippen LogP contribution in [0.15, 0.2) is 36.4 Å². The zero-order chi connectivity index (χ0) is 16.0. The maximum Gasteiger partial charge on any atom is 0.256 e. The lowest BCUT2D eigenvalue weighted by molar-refractivity contribution is -0.110. The average Bonchev–Trinajstić information content (AvgIpc) is 3.12. The minimum Gasteiger partial charge on any atom is -0.493 e. The molecule has 0 aromatic heterocycles. The van der Waals surface area contributed by atoms with Gasteiger partial charge in [-0.2, -0.15) is 0 Å². The third-order valence-electron chi connectivity index (χ3n) is 4.55. The number of allylic oxidation sites excluding steroid dienone is 1. The highest BCUT2D eigenvalue weighted by Gasteiger charge is 2.31. The number of amides is 1. The van der Waals surface area contributed by atoms with Gasteiger partial charge in [0.25, 0.3) is 5.91 Å². The molecule has 0 saturated heterocycles. The summed E-state index contributed by atoms with van der Waals surface area (Å²) in [5, 5.41) is 2.95. The van der Waals surface area contributed by atoms with Crippen LogP contribution in [0, 0.1) is 0 Å². The topological polar surface area (TPSA) is 47.6 Å². The molecule has 4 heteroatoms. The Kier molecular flexibility index (Phi) is 3.11. The lowest BCUT2D eigenvalue weighted by Crippen LogP contribution is -2.05. The van der Waals surface area contributed by atoms with E-state index >= 15 is 0 Å². The van der Waals surface area contributed by atoms with Crippen molar-refractivity contribution in [3.8, 4) is 11.5 Å². The smallest absolute Gasteiger partial charge is 0.256 e. The van der Waals surface area contributed by atoms with E-state index in [-0.39, 0.29) is 5.91 Å². The highest BCUT2D eigenvalue weighted by molar-refractivity contribution is 6.37. The predicted molar refractivity (Wildman–Crippen MR) is 89.8 cm³/mol. The second kappa shape index (κ2) is 5.16. The van der Waals surface area contributed by atoms with Crippen LogP contribution in [-0.4, -0.2) is 20.1 Å². The summed E-state index contributed by atoms with van der Waals surface area (Å²) in [7, 11) is 3.27. The van der Waals surface area contributed by atoms with Crippen molar-refractivity contribution in [2.75, 3.05) is 19.5 Å². The first-order valence-corrected chi connectivity index (χ1v) is 7.62. The van der Waals surface area contributed by atoms with Crippen molar-refractivity contribution in [2.24, 2.45) is 0 Å². The molecule has 4 rings (SSSR count). The van der Waals surface area contributed by atoms with Crippen LogP contribution in [0.2, 0.25) is 0 Å². The monoisotopic (exact) mass is 307 g/mol. The first-order chi connectivity index (χ1) is 11.2. The molecule has 4 nitrogen and oxygen atoms in total. The van der Waals surface area contributed by atoms with Crippen molar-refractivity contribution in [1.82, 2.24) is 0 Å². The first-order valence-electron chi connectivity index (χ1n) is 7.62. The number of carbonyl (C=O) groups excluding carboxylic acids is 1. The quantitative estimate of drug-likeness (QED) is 0.864. The second-order valence-electron chi connectivity index (χ2n) is 5.72. The molecule has 1 aliphatic carbocycles. The molecule has 0 fully saturated rings. The normalized spacial score (nSPS) is 18.4. The Morgan fingerprint density at radius 3 is 2.48 bits per heavy atom. The number of rotatable bonds is 2. The average molecular weight is 307 g/mol. The van der Waals surface area contributed by atoms with Gasteiger partial charge in [-0.3, -0.25) is 4.79 Å². The summed E-state index contributed by atoms with van der Waals surface area (Å²) in [6.07, 6.45) is 1.76. The lowest BCUT2D eigenvalue weighted by Gasteiger charge is -2.11. The standard InChI is InChI=1S/C19H17NO3/c1-22-16-9-11-7-8-12(14(11)10-17(16)23-2)18-13-5-3-4-6-15(13)20-19(18)21/h3-6,9-10H,7-8H2,1-2H3,(H,20,21)/b18-12+. The summed E-state index contributed by atoms with van der Waals surface area (Å²) in [6.45, 7) is 0. The van der Waals surface area contributed by atoms with Crippen molar-refractivity contribution in [3.63, 3.8) is 0 Å². The van der Waals surface area contributed by atoms with Crippen LogP contribution in [-0.2, 0) is 11.2 Å². The molecule has 0 radical (unpaired) electrons. The zero-order valence-electron chi connectivity index (χ0n) is 13.1. The molecule has 0 saturated carbocycles. The van der Waals surface area contributed by atoms with Crippen molar-refractivity contribution in [2.45, 2.75) is 12.8 Å². The summed E-state index contributed by atoms with van der Waals surface area (Å²) in [4.78, 5) is 12.5. The van der Waals surface area contributed by atoms with E-state index in [1.165, 1.54) is 5.56 Å². The number of benzene rings is 2. The molecule has 1 amide bonds. The lowest BCUT2D eigenvalue weighted by atomic mass is 9.96. The molecule has 23 heavy (non-hydrogen) atoms. The van der Waals surface area contributed by atoms with Gasteiger partial charge < -0.3 is 14.8 Å². The number of carbonyl (C=O) groups is 1. The molecule has 0 spiro atoms. The van der Waals surface area contributed by atoms with Crippen molar-refractivity contribution >= 4 is 22.7 Å². The molecule has 1 heterocycles. The van der Waals surface area contributed by atoms with Gasteiger partial charge in [-0.05, 0) is 47.7 Å². The van der Waals surface area contributed by atoms with Gasteiger partial charge in [-0.1, -0.05) is 18.2 Å². The minimum atomic E-state index is -0.0242. The number of hydrogen-bond acceptors (Lipinski definition) is 3. The number of aryl methyl sites for hydroxylation is 1. The van der Waals surface area contributed by atoms with Gasteiger partial charge in [-0.15, -0.1) is 0 Å². The molecule has 2 aromatic rings. The molecule has 1 N–H and O–H groups in total. The Balaban J connectivity index is 1.93. The van der Waals surface area contributed by atoms with E-state index in [4.69, 9.17) is 9.47 Å².